The summed E-state index contributed by atoms with van der Waals surface area (Å²) in [5.41, 5.74) is 0.629. The molecule has 3 atom stereocenters. The lowest BCUT2D eigenvalue weighted by atomic mass is 9.77. The van der Waals surface area contributed by atoms with E-state index in [0.717, 1.165) is 0 Å². The number of hydrogen-bond acceptors (Lipinski definition) is 4. The van der Waals surface area contributed by atoms with Crippen LogP contribution < -0.4 is 5.32 Å². The van der Waals surface area contributed by atoms with Crippen LogP contribution in [-0.2, 0) is 14.6 Å². The number of sulfone groups is 1. The van der Waals surface area contributed by atoms with E-state index in [2.05, 4.69) is 5.32 Å². The normalized spacial score (nSPS) is 36.6. The van der Waals surface area contributed by atoms with Gasteiger partial charge >= 0.3 is 0 Å². The fourth-order valence-electron chi connectivity index (χ4n) is 2.74. The second kappa shape index (κ2) is 3.32. The van der Waals surface area contributed by atoms with E-state index in [1.165, 1.54) is 6.92 Å². The average molecular weight is 259 g/mol. The topological polar surface area (TPSA) is 83.5 Å². The maximum absolute atomic E-state index is 12.4. The largest absolute Gasteiger partial charge is 0.391 e. The molecule has 17 heavy (non-hydrogen) atoms. The lowest BCUT2D eigenvalue weighted by molar-refractivity contribution is -0.137. The molecule has 0 aromatic heterocycles. The van der Waals surface area contributed by atoms with Gasteiger partial charge in [-0.3, -0.25) is 4.79 Å². The van der Waals surface area contributed by atoms with E-state index in [4.69, 9.17) is 0 Å². The highest BCUT2D eigenvalue weighted by molar-refractivity contribution is 7.98. The first-order valence-electron chi connectivity index (χ1n) is 5.60. The quantitative estimate of drug-likeness (QED) is 0.682. The van der Waals surface area contributed by atoms with Gasteiger partial charge in [0.05, 0.1) is 12.1 Å². The number of β-lactam (4-membered cyclic amide) rings is 1. The van der Waals surface area contributed by atoms with Gasteiger partial charge in [0.2, 0.25) is 10.7 Å². The van der Waals surface area contributed by atoms with Crippen LogP contribution in [0.4, 0.5) is 0 Å². The number of hydrogen-bond donors (Lipinski definition) is 2. The minimum Gasteiger partial charge on any atom is -0.391 e. The van der Waals surface area contributed by atoms with Crippen molar-refractivity contribution >= 4 is 15.7 Å². The molecular weight excluding hydrogens is 242 g/mol. The summed E-state index contributed by atoms with van der Waals surface area (Å²) in [6.45, 7) is 6.60. The van der Waals surface area contributed by atoms with E-state index in [1.54, 1.807) is 20.8 Å². The van der Waals surface area contributed by atoms with Crippen molar-refractivity contribution in [3.05, 3.63) is 10.5 Å². The van der Waals surface area contributed by atoms with Gasteiger partial charge in [-0.05, 0) is 25.3 Å². The van der Waals surface area contributed by atoms with E-state index in [1.807, 2.05) is 0 Å². The van der Waals surface area contributed by atoms with Crippen LogP contribution in [-0.4, -0.2) is 36.3 Å². The summed E-state index contributed by atoms with van der Waals surface area (Å²) >= 11 is 0. The fraction of sp³-hybridized carbons (Fsp3) is 0.727. The van der Waals surface area contributed by atoms with E-state index < -0.39 is 32.6 Å². The van der Waals surface area contributed by atoms with Gasteiger partial charge in [0.1, 0.15) is 0 Å². The van der Waals surface area contributed by atoms with E-state index in [9.17, 15) is 18.3 Å². The summed E-state index contributed by atoms with van der Waals surface area (Å²) in [6.07, 6.45) is -1.18. The van der Waals surface area contributed by atoms with Crippen molar-refractivity contribution in [2.75, 3.05) is 0 Å². The number of amides is 1. The van der Waals surface area contributed by atoms with Gasteiger partial charge in [0, 0.05) is 4.91 Å². The average Bonchev–Trinajstić information content (AvgIpc) is 2.33. The predicted molar refractivity (Wildman–Crippen MR) is 62.8 cm³/mol. The van der Waals surface area contributed by atoms with Gasteiger partial charge in [0.25, 0.3) is 0 Å². The summed E-state index contributed by atoms with van der Waals surface area (Å²) < 4.78 is 23.0. The van der Waals surface area contributed by atoms with Crippen molar-refractivity contribution in [3.63, 3.8) is 0 Å². The van der Waals surface area contributed by atoms with Crippen molar-refractivity contribution in [1.29, 1.82) is 0 Å². The molecule has 2 aliphatic rings. The summed E-state index contributed by atoms with van der Waals surface area (Å²) in [6, 6.07) is -0.572. The van der Waals surface area contributed by atoms with Crippen molar-refractivity contribution in [2.24, 2.45) is 5.92 Å². The van der Waals surface area contributed by atoms with Crippen LogP contribution in [0.15, 0.2) is 10.5 Å². The molecule has 6 heteroatoms. The molecule has 96 valence electrons. The summed E-state index contributed by atoms with van der Waals surface area (Å²) in [5.74, 6) is -0.878. The number of aliphatic hydroxyl groups excluding tert-OH is 1. The summed E-state index contributed by atoms with van der Waals surface area (Å²) in [7, 11) is -3.75. The maximum Gasteiger partial charge on any atom is 0.247 e. The van der Waals surface area contributed by atoms with Crippen molar-refractivity contribution in [2.45, 2.75) is 44.6 Å². The van der Waals surface area contributed by atoms with Crippen LogP contribution in [0, 0.1) is 5.92 Å². The molecule has 0 aromatic carbocycles. The Balaban J connectivity index is 2.65. The zero-order valence-electron chi connectivity index (χ0n) is 10.3. The Morgan fingerprint density at radius 3 is 2.24 bits per heavy atom. The van der Waals surface area contributed by atoms with Crippen LogP contribution in [0.5, 0.6) is 0 Å². The summed E-state index contributed by atoms with van der Waals surface area (Å²) in [5, 5.41) is 12.8. The van der Waals surface area contributed by atoms with Crippen LogP contribution in [0.1, 0.15) is 27.7 Å². The molecule has 2 N–H and O–H groups in total. The number of nitrogens with one attached hydrogen (secondary N) is 1. The van der Waals surface area contributed by atoms with Gasteiger partial charge < -0.3 is 10.4 Å². The number of carbonyl (C=O) groups is 1. The molecule has 1 amide bonds. The molecule has 0 saturated carbocycles. The van der Waals surface area contributed by atoms with Gasteiger partial charge in [-0.2, -0.15) is 0 Å². The van der Waals surface area contributed by atoms with Crippen LogP contribution in [0.3, 0.4) is 0 Å². The molecule has 2 aliphatic heterocycles. The maximum atomic E-state index is 12.4. The highest BCUT2D eigenvalue weighted by atomic mass is 32.2. The van der Waals surface area contributed by atoms with Crippen molar-refractivity contribution in [3.8, 4) is 0 Å². The predicted octanol–water partition coefficient (Wildman–Crippen LogP) is -0.0372. The second-order valence-electron chi connectivity index (χ2n) is 5.13. The number of fused-ring (bicyclic) bond motifs is 1. The minimum atomic E-state index is -3.75. The van der Waals surface area contributed by atoms with Crippen LogP contribution >= 0.6 is 0 Å². The zero-order chi connectivity index (χ0) is 13.2. The number of allylic oxidation sites excluding steroid dienone is 1. The Kier molecular flexibility index (Phi) is 2.46. The standard InChI is InChI=1S/C11H17NO4S/c1-5(2)9(13)11-8(12-10(11)14)6(3)7(4)17(11,15)16/h5,8-9,13H,1-4H3,(H,12,14)/t8?,9-,11-/m0/s1. The lowest BCUT2D eigenvalue weighted by Gasteiger charge is -2.47. The van der Waals surface area contributed by atoms with Gasteiger partial charge in [-0.25, -0.2) is 8.42 Å². The molecule has 0 radical (unpaired) electrons. The molecule has 1 unspecified atom stereocenters. The Morgan fingerprint density at radius 1 is 1.35 bits per heavy atom. The monoisotopic (exact) mass is 259 g/mol. The number of aliphatic hydroxyl groups is 1. The Labute approximate surface area is 101 Å². The molecule has 0 aliphatic carbocycles. The molecule has 1 fully saturated rings. The van der Waals surface area contributed by atoms with Gasteiger partial charge in [-0.15, -0.1) is 0 Å². The molecule has 1 saturated heterocycles. The number of carbonyl (C=O) groups excluding carboxylic acids is 1. The van der Waals surface area contributed by atoms with E-state index in [0.29, 0.717) is 5.57 Å². The molecule has 0 bridgehead atoms. The SMILES string of the molecule is CC1=C(C)S(=O)(=O)[C@@]2([C@@H](O)C(C)C)C(=O)NC12. The van der Waals surface area contributed by atoms with Crippen LogP contribution in [0.2, 0.25) is 0 Å². The third-order valence-electron chi connectivity index (χ3n) is 3.97. The third-order valence-corrected chi connectivity index (χ3v) is 6.65. The lowest BCUT2D eigenvalue weighted by Crippen LogP contribution is -2.78. The Bertz CT molecular complexity index is 520. The van der Waals surface area contributed by atoms with Crippen LogP contribution in [0.25, 0.3) is 0 Å². The van der Waals surface area contributed by atoms with Crippen molar-refractivity contribution in [1.82, 2.24) is 5.32 Å². The molecule has 0 aromatic rings. The van der Waals surface area contributed by atoms with Crippen molar-refractivity contribution < 1.29 is 18.3 Å². The number of rotatable bonds is 2. The smallest absolute Gasteiger partial charge is 0.247 e. The Morgan fingerprint density at radius 2 is 1.88 bits per heavy atom. The first kappa shape index (κ1) is 12.6. The third kappa shape index (κ3) is 1.12. The molecule has 2 rings (SSSR count). The first-order valence-corrected chi connectivity index (χ1v) is 7.08. The highest BCUT2D eigenvalue weighted by Crippen LogP contribution is 2.49. The van der Waals surface area contributed by atoms with Gasteiger partial charge in [0.15, 0.2) is 9.84 Å². The van der Waals surface area contributed by atoms with E-state index in [-0.39, 0.29) is 10.8 Å². The zero-order valence-corrected chi connectivity index (χ0v) is 11.1. The molecule has 2 heterocycles. The van der Waals surface area contributed by atoms with Gasteiger partial charge in [-0.1, -0.05) is 13.8 Å². The fourth-order valence-corrected chi connectivity index (χ4v) is 5.23. The molecular formula is C11H17NO4S. The highest BCUT2D eigenvalue weighted by Gasteiger charge is 2.73. The second-order valence-corrected chi connectivity index (χ2v) is 7.43. The van der Waals surface area contributed by atoms with E-state index >= 15 is 0 Å². The Hall–Kier alpha value is -0.880. The first-order chi connectivity index (χ1) is 7.69. The molecule has 5 nitrogen and oxygen atoms in total. The summed E-state index contributed by atoms with van der Waals surface area (Å²) in [4.78, 5) is 12.0. The minimum absolute atomic E-state index is 0.209. The molecule has 0 spiro atoms.